The van der Waals surface area contributed by atoms with Gasteiger partial charge < -0.3 is 4.74 Å². The molecule has 0 aromatic heterocycles. The van der Waals surface area contributed by atoms with E-state index in [2.05, 4.69) is 18.8 Å². The number of carbonyl (C=O) groups excluding carboxylic acids is 1. The molecule has 1 rings (SSSR count). The smallest absolute Gasteiger partial charge is 0.312 e. The van der Waals surface area contributed by atoms with Crippen molar-refractivity contribution in [3.63, 3.8) is 0 Å². The van der Waals surface area contributed by atoms with Crippen LogP contribution >= 0.6 is 0 Å². The van der Waals surface area contributed by atoms with Crippen LogP contribution in [-0.4, -0.2) is 5.97 Å². The lowest BCUT2D eigenvalue weighted by Crippen LogP contribution is -2.24. The van der Waals surface area contributed by atoms with E-state index in [1.54, 1.807) is 0 Å². The van der Waals surface area contributed by atoms with Crippen LogP contribution in [0.2, 0.25) is 0 Å². The van der Waals surface area contributed by atoms with E-state index in [0.29, 0.717) is 0 Å². The van der Waals surface area contributed by atoms with E-state index in [0.717, 1.165) is 24.8 Å². The van der Waals surface area contributed by atoms with Gasteiger partial charge >= 0.3 is 5.97 Å². The molecule has 0 radical (unpaired) electrons. The number of rotatable bonds is 4. The minimum atomic E-state index is -0.520. The summed E-state index contributed by atoms with van der Waals surface area (Å²) in [6.45, 7) is 9.73. The predicted octanol–water partition coefficient (Wildman–Crippen LogP) is 4.82. The molecule has 1 unspecified atom stereocenters. The highest BCUT2D eigenvalue weighted by atomic mass is 16.5. The summed E-state index contributed by atoms with van der Waals surface area (Å²) < 4.78 is 5.61. The summed E-state index contributed by atoms with van der Waals surface area (Å²) in [7, 11) is 0. The van der Waals surface area contributed by atoms with Gasteiger partial charge in [0.1, 0.15) is 0 Å². The number of esters is 1. The number of unbranched alkanes of at least 4 members (excludes halogenated alkanes) is 2. The predicted molar refractivity (Wildman–Crippen MR) is 86.8 cm³/mol. The second-order valence-corrected chi connectivity index (χ2v) is 6.37. The maximum Gasteiger partial charge on any atom is 0.312 e. The molecular formula is C19H26O2. The van der Waals surface area contributed by atoms with E-state index < -0.39 is 11.5 Å². The van der Waals surface area contributed by atoms with Crippen LogP contribution in [0.4, 0.5) is 0 Å². The van der Waals surface area contributed by atoms with Crippen molar-refractivity contribution in [2.45, 2.75) is 60.0 Å². The number of hydrogen-bond donors (Lipinski definition) is 0. The summed E-state index contributed by atoms with van der Waals surface area (Å²) in [5.74, 6) is 6.01. The fourth-order valence-corrected chi connectivity index (χ4v) is 1.64. The number of ether oxygens (including phenoxy) is 1. The molecule has 0 amide bonds. The molecule has 2 heteroatoms. The van der Waals surface area contributed by atoms with Crippen LogP contribution in [0.1, 0.15) is 64.2 Å². The summed E-state index contributed by atoms with van der Waals surface area (Å²) in [4.78, 5) is 12.1. The number of aryl methyl sites for hydroxylation is 1. The van der Waals surface area contributed by atoms with E-state index >= 15 is 0 Å². The Kier molecular flexibility index (Phi) is 6.49. The van der Waals surface area contributed by atoms with Crippen LogP contribution in [0.3, 0.4) is 0 Å². The quantitative estimate of drug-likeness (QED) is 0.450. The van der Waals surface area contributed by atoms with Gasteiger partial charge in [0.15, 0.2) is 6.10 Å². The molecule has 0 aliphatic carbocycles. The molecular weight excluding hydrogens is 260 g/mol. The standard InChI is InChI=1S/C19H26O2/c1-6-7-8-9-10-17(21-18(20)19(3,4)5)16-13-11-15(2)12-14-16/h11-14,17H,6-8H2,1-5H3. The molecule has 1 aromatic rings. The highest BCUT2D eigenvalue weighted by Gasteiger charge is 2.26. The van der Waals surface area contributed by atoms with Gasteiger partial charge in [-0.2, -0.15) is 0 Å². The summed E-state index contributed by atoms with van der Waals surface area (Å²) >= 11 is 0. The Morgan fingerprint density at radius 2 is 1.86 bits per heavy atom. The fraction of sp³-hybridized carbons (Fsp3) is 0.526. The van der Waals surface area contributed by atoms with Crippen LogP contribution in [-0.2, 0) is 9.53 Å². The monoisotopic (exact) mass is 286 g/mol. The van der Waals surface area contributed by atoms with Crippen molar-refractivity contribution in [3.8, 4) is 11.8 Å². The summed E-state index contributed by atoms with van der Waals surface area (Å²) in [5.41, 5.74) is 1.59. The van der Waals surface area contributed by atoms with Crippen molar-refractivity contribution in [1.82, 2.24) is 0 Å². The third kappa shape index (κ3) is 6.04. The zero-order chi connectivity index (χ0) is 15.9. The molecule has 0 spiro atoms. The summed E-state index contributed by atoms with van der Waals surface area (Å²) in [5, 5.41) is 0. The maximum absolute atomic E-state index is 12.1. The van der Waals surface area contributed by atoms with Crippen LogP contribution < -0.4 is 0 Å². The maximum atomic E-state index is 12.1. The number of benzene rings is 1. The molecule has 0 fully saturated rings. The molecule has 1 aromatic carbocycles. The molecule has 0 heterocycles. The first-order valence-corrected chi connectivity index (χ1v) is 7.60. The van der Waals surface area contributed by atoms with E-state index in [4.69, 9.17) is 4.74 Å². The highest BCUT2D eigenvalue weighted by molar-refractivity contribution is 5.75. The van der Waals surface area contributed by atoms with Gasteiger partial charge in [-0.1, -0.05) is 55.0 Å². The summed E-state index contributed by atoms with van der Waals surface area (Å²) in [6, 6.07) is 7.98. The van der Waals surface area contributed by atoms with E-state index in [-0.39, 0.29) is 5.97 Å². The van der Waals surface area contributed by atoms with Crippen molar-refractivity contribution < 1.29 is 9.53 Å². The molecule has 0 saturated heterocycles. The molecule has 0 aliphatic rings. The van der Waals surface area contributed by atoms with Gasteiger partial charge in [-0.05, 0) is 34.1 Å². The molecule has 1 atom stereocenters. The lowest BCUT2D eigenvalue weighted by Gasteiger charge is -2.20. The molecule has 0 saturated carbocycles. The topological polar surface area (TPSA) is 26.3 Å². The van der Waals surface area contributed by atoms with E-state index in [9.17, 15) is 4.79 Å². The average Bonchev–Trinajstić information content (AvgIpc) is 2.42. The largest absolute Gasteiger partial charge is 0.444 e. The van der Waals surface area contributed by atoms with Gasteiger partial charge in [0.2, 0.25) is 0 Å². The van der Waals surface area contributed by atoms with Gasteiger partial charge in [-0.15, -0.1) is 0 Å². The van der Waals surface area contributed by atoms with Crippen LogP contribution in [0.5, 0.6) is 0 Å². The van der Waals surface area contributed by atoms with Crippen LogP contribution in [0, 0.1) is 24.2 Å². The van der Waals surface area contributed by atoms with Crippen LogP contribution in [0.15, 0.2) is 24.3 Å². The van der Waals surface area contributed by atoms with Gasteiger partial charge in [-0.3, -0.25) is 4.79 Å². The minimum absolute atomic E-state index is 0.224. The van der Waals surface area contributed by atoms with Crippen molar-refractivity contribution in [2.75, 3.05) is 0 Å². The fourth-order valence-electron chi connectivity index (χ4n) is 1.64. The normalized spacial score (nSPS) is 12.2. The Morgan fingerprint density at radius 3 is 2.38 bits per heavy atom. The molecule has 0 aliphatic heterocycles. The lowest BCUT2D eigenvalue weighted by atomic mass is 9.97. The Morgan fingerprint density at radius 1 is 1.24 bits per heavy atom. The summed E-state index contributed by atoms with van der Waals surface area (Å²) in [6.07, 6.45) is 2.55. The van der Waals surface area contributed by atoms with Crippen molar-refractivity contribution in [1.29, 1.82) is 0 Å². The molecule has 0 N–H and O–H groups in total. The minimum Gasteiger partial charge on any atom is -0.444 e. The van der Waals surface area contributed by atoms with E-state index in [1.807, 2.05) is 52.0 Å². The zero-order valence-corrected chi connectivity index (χ0v) is 13.8. The first kappa shape index (κ1) is 17.3. The van der Waals surface area contributed by atoms with Crippen molar-refractivity contribution >= 4 is 5.97 Å². The second kappa shape index (κ2) is 7.88. The molecule has 0 bridgehead atoms. The van der Waals surface area contributed by atoms with Gasteiger partial charge in [0.25, 0.3) is 0 Å². The van der Waals surface area contributed by atoms with Crippen molar-refractivity contribution in [2.24, 2.45) is 5.41 Å². The van der Waals surface area contributed by atoms with E-state index in [1.165, 1.54) is 5.56 Å². The third-order valence-electron chi connectivity index (χ3n) is 3.11. The Balaban J connectivity index is 2.91. The van der Waals surface area contributed by atoms with Gasteiger partial charge in [-0.25, -0.2) is 0 Å². The third-order valence-corrected chi connectivity index (χ3v) is 3.11. The molecule has 21 heavy (non-hydrogen) atoms. The molecule has 114 valence electrons. The zero-order valence-electron chi connectivity index (χ0n) is 13.8. The number of hydrogen-bond acceptors (Lipinski definition) is 2. The first-order valence-electron chi connectivity index (χ1n) is 7.60. The van der Waals surface area contributed by atoms with Crippen molar-refractivity contribution in [3.05, 3.63) is 35.4 Å². The number of carbonyl (C=O) groups is 1. The lowest BCUT2D eigenvalue weighted by molar-refractivity contribution is -0.156. The SMILES string of the molecule is CCCCC#CC(OC(=O)C(C)(C)C)c1ccc(C)cc1. The second-order valence-electron chi connectivity index (χ2n) is 6.37. The Bertz CT molecular complexity index is 509. The Hall–Kier alpha value is -1.75. The van der Waals surface area contributed by atoms with Crippen LogP contribution in [0.25, 0.3) is 0 Å². The van der Waals surface area contributed by atoms with Gasteiger partial charge in [0, 0.05) is 12.0 Å². The first-order chi connectivity index (χ1) is 9.84. The molecule has 2 nitrogen and oxygen atoms in total. The highest BCUT2D eigenvalue weighted by Crippen LogP contribution is 2.23. The average molecular weight is 286 g/mol. The Labute approximate surface area is 128 Å². The van der Waals surface area contributed by atoms with Gasteiger partial charge in [0.05, 0.1) is 5.41 Å².